The van der Waals surface area contributed by atoms with Crippen molar-refractivity contribution < 1.29 is 23.8 Å². The number of aryl methyl sites for hydroxylation is 2. The van der Waals surface area contributed by atoms with Crippen LogP contribution in [0.5, 0.6) is 0 Å². The smallest absolute Gasteiger partial charge is 0.246 e. The van der Waals surface area contributed by atoms with Crippen molar-refractivity contribution in [2.24, 2.45) is 0 Å². The molecular formula is C24H30F2N2O3. The fourth-order valence-corrected chi connectivity index (χ4v) is 4.20. The maximum Gasteiger partial charge on any atom is 0.246 e. The van der Waals surface area contributed by atoms with Crippen LogP contribution in [0.25, 0.3) is 0 Å². The first-order chi connectivity index (χ1) is 14.9. The average Bonchev–Trinajstić information content (AvgIpc) is 2.75. The molecule has 3 atom stereocenters. The van der Waals surface area contributed by atoms with Gasteiger partial charge in [0.1, 0.15) is 18.2 Å². The van der Waals surface area contributed by atoms with Crippen LogP contribution in [0.2, 0.25) is 0 Å². The van der Waals surface area contributed by atoms with E-state index in [1.807, 2.05) is 0 Å². The molecule has 0 aromatic heterocycles. The van der Waals surface area contributed by atoms with E-state index < -0.39 is 36.3 Å². The molecule has 168 valence electrons. The molecule has 0 unspecified atom stereocenters. The molecular weight excluding hydrogens is 402 g/mol. The zero-order valence-electron chi connectivity index (χ0n) is 17.7. The van der Waals surface area contributed by atoms with Gasteiger partial charge in [0.05, 0.1) is 12.1 Å². The summed E-state index contributed by atoms with van der Waals surface area (Å²) in [5.41, 5.74) is 4.11. The number of benzene rings is 2. The predicted molar refractivity (Wildman–Crippen MR) is 115 cm³/mol. The lowest BCUT2D eigenvalue weighted by molar-refractivity contribution is -0.125. The van der Waals surface area contributed by atoms with E-state index in [4.69, 9.17) is 5.11 Å². The number of aliphatic hydroxyl groups is 2. The van der Waals surface area contributed by atoms with E-state index in [0.29, 0.717) is 5.56 Å². The molecule has 0 aliphatic heterocycles. The van der Waals surface area contributed by atoms with Crippen LogP contribution in [0.3, 0.4) is 0 Å². The molecule has 1 aliphatic rings. The highest BCUT2D eigenvalue weighted by Crippen LogP contribution is 2.30. The second kappa shape index (κ2) is 10.8. The zero-order valence-corrected chi connectivity index (χ0v) is 17.7. The van der Waals surface area contributed by atoms with Crippen molar-refractivity contribution in [2.45, 2.75) is 57.2 Å². The maximum absolute atomic E-state index is 13.6. The lowest BCUT2D eigenvalue weighted by atomic mass is 9.86. The Morgan fingerprint density at radius 1 is 1.16 bits per heavy atom. The second-order valence-corrected chi connectivity index (χ2v) is 8.12. The number of aliphatic hydroxyl groups excluding tert-OH is 2. The van der Waals surface area contributed by atoms with Gasteiger partial charge in [0, 0.05) is 18.7 Å². The number of hydrogen-bond donors (Lipinski definition) is 4. The van der Waals surface area contributed by atoms with Crippen LogP contribution in [0.1, 0.15) is 48.1 Å². The first-order valence-electron chi connectivity index (χ1n) is 10.8. The topological polar surface area (TPSA) is 81.6 Å². The lowest BCUT2D eigenvalue weighted by Crippen LogP contribution is -2.50. The van der Waals surface area contributed by atoms with Crippen LogP contribution in [0.15, 0.2) is 36.4 Å². The fraction of sp³-hybridized carbons (Fsp3) is 0.458. The number of carbonyl (C=O) groups is 1. The fourth-order valence-electron chi connectivity index (χ4n) is 4.20. The Kier molecular flexibility index (Phi) is 8.12. The molecule has 1 amide bonds. The number of nitrogens with one attached hydrogen (secondary N) is 2. The van der Waals surface area contributed by atoms with Gasteiger partial charge in [-0.3, -0.25) is 4.79 Å². The van der Waals surface area contributed by atoms with Crippen molar-refractivity contribution in [1.29, 1.82) is 0 Å². The van der Waals surface area contributed by atoms with Crippen LogP contribution in [-0.4, -0.2) is 41.4 Å². The summed E-state index contributed by atoms with van der Waals surface area (Å²) in [6.07, 6.45) is 2.98. The number of fused-ring (bicyclic) bond motifs is 1. The number of amides is 1. The largest absolute Gasteiger partial charge is 0.390 e. The minimum Gasteiger partial charge on any atom is -0.390 e. The van der Waals surface area contributed by atoms with Gasteiger partial charge in [0.2, 0.25) is 5.91 Å². The third-order valence-corrected chi connectivity index (χ3v) is 5.84. The van der Waals surface area contributed by atoms with Crippen LogP contribution in [0.4, 0.5) is 8.78 Å². The van der Waals surface area contributed by atoms with Gasteiger partial charge in [0.15, 0.2) is 0 Å². The number of hydrogen-bond acceptors (Lipinski definition) is 4. The van der Waals surface area contributed by atoms with Gasteiger partial charge in [-0.15, -0.1) is 0 Å². The highest BCUT2D eigenvalue weighted by atomic mass is 19.1. The van der Waals surface area contributed by atoms with Gasteiger partial charge in [-0.2, -0.15) is 0 Å². The molecule has 1 aliphatic carbocycles. The zero-order chi connectivity index (χ0) is 22.4. The predicted octanol–water partition coefficient (Wildman–Crippen LogP) is 2.57. The van der Waals surface area contributed by atoms with Gasteiger partial charge in [-0.05, 0) is 66.5 Å². The molecule has 2 aromatic carbocycles. The molecule has 0 heterocycles. The molecule has 0 fully saturated rings. The van der Waals surface area contributed by atoms with Gasteiger partial charge in [0.25, 0.3) is 0 Å². The van der Waals surface area contributed by atoms with Crippen molar-refractivity contribution in [3.05, 3.63) is 70.3 Å². The second-order valence-electron chi connectivity index (χ2n) is 8.12. The SMILES string of the molecule is CCc1ccc2c(c1)[C@@H](NC[C@H](O)[C@H](Cc1cc(F)cc(F)c1)NC(=O)CO)CCC2. The van der Waals surface area contributed by atoms with Crippen molar-refractivity contribution in [1.82, 2.24) is 10.6 Å². The third kappa shape index (κ3) is 6.32. The summed E-state index contributed by atoms with van der Waals surface area (Å²) >= 11 is 0. The Bertz CT molecular complexity index is 886. The highest BCUT2D eigenvalue weighted by Gasteiger charge is 2.25. The minimum atomic E-state index is -1.01. The van der Waals surface area contributed by atoms with Gasteiger partial charge < -0.3 is 20.8 Å². The third-order valence-electron chi connectivity index (χ3n) is 5.84. The van der Waals surface area contributed by atoms with E-state index in [-0.39, 0.29) is 19.0 Å². The summed E-state index contributed by atoms with van der Waals surface area (Å²) in [7, 11) is 0. The Hall–Kier alpha value is -2.35. The number of halogens is 2. The Balaban J connectivity index is 1.70. The molecule has 2 aromatic rings. The Labute approximate surface area is 181 Å². The summed E-state index contributed by atoms with van der Waals surface area (Å²) in [6, 6.07) is 8.92. The summed E-state index contributed by atoms with van der Waals surface area (Å²) in [4.78, 5) is 11.8. The van der Waals surface area contributed by atoms with Crippen molar-refractivity contribution in [2.75, 3.05) is 13.2 Å². The van der Waals surface area contributed by atoms with Crippen molar-refractivity contribution in [3.63, 3.8) is 0 Å². The quantitative estimate of drug-likeness (QED) is 0.491. The summed E-state index contributed by atoms with van der Waals surface area (Å²) < 4.78 is 27.1. The van der Waals surface area contributed by atoms with Crippen molar-refractivity contribution in [3.8, 4) is 0 Å². The van der Waals surface area contributed by atoms with Gasteiger partial charge in [-0.25, -0.2) is 8.78 Å². The minimum absolute atomic E-state index is 0.0322. The van der Waals surface area contributed by atoms with E-state index in [0.717, 1.165) is 31.7 Å². The normalized spacial score (nSPS) is 17.6. The van der Waals surface area contributed by atoms with E-state index in [1.165, 1.54) is 28.8 Å². The average molecular weight is 433 g/mol. The van der Waals surface area contributed by atoms with Crippen LogP contribution in [0, 0.1) is 11.6 Å². The first kappa shape index (κ1) is 23.3. The van der Waals surface area contributed by atoms with E-state index in [9.17, 15) is 18.7 Å². The molecule has 31 heavy (non-hydrogen) atoms. The van der Waals surface area contributed by atoms with E-state index in [1.54, 1.807) is 0 Å². The maximum atomic E-state index is 13.6. The molecule has 4 N–H and O–H groups in total. The molecule has 7 heteroatoms. The Morgan fingerprint density at radius 2 is 1.90 bits per heavy atom. The molecule has 3 rings (SSSR count). The molecule has 0 saturated heterocycles. The van der Waals surface area contributed by atoms with Gasteiger partial charge >= 0.3 is 0 Å². The molecule has 5 nitrogen and oxygen atoms in total. The number of carbonyl (C=O) groups excluding carboxylic acids is 1. The van der Waals surface area contributed by atoms with E-state index >= 15 is 0 Å². The van der Waals surface area contributed by atoms with Crippen LogP contribution < -0.4 is 10.6 Å². The standard InChI is InChI=1S/C24H30F2N2O3/c1-2-15-6-7-17-4-3-5-21(20(17)10-15)27-13-23(30)22(28-24(31)14-29)11-16-8-18(25)12-19(26)9-16/h6-10,12,21-23,27,29-30H,2-5,11,13-14H2,1H3,(H,28,31)/t21-,22-,23-/m0/s1. The van der Waals surface area contributed by atoms with Gasteiger partial charge in [-0.1, -0.05) is 25.1 Å². The lowest BCUT2D eigenvalue weighted by Gasteiger charge is -2.30. The van der Waals surface area contributed by atoms with Crippen LogP contribution in [-0.2, 0) is 24.1 Å². The monoisotopic (exact) mass is 432 g/mol. The molecule has 0 radical (unpaired) electrons. The van der Waals surface area contributed by atoms with E-state index in [2.05, 4.69) is 35.8 Å². The van der Waals surface area contributed by atoms with Crippen LogP contribution >= 0.6 is 0 Å². The Morgan fingerprint density at radius 3 is 2.58 bits per heavy atom. The molecule has 0 bridgehead atoms. The first-order valence-corrected chi connectivity index (χ1v) is 10.8. The summed E-state index contributed by atoms with van der Waals surface area (Å²) in [5.74, 6) is -2.10. The molecule has 0 spiro atoms. The number of rotatable bonds is 9. The van der Waals surface area contributed by atoms with Crippen molar-refractivity contribution >= 4 is 5.91 Å². The molecule has 0 saturated carbocycles. The summed E-state index contributed by atoms with van der Waals surface area (Å²) in [5, 5.41) is 25.8. The highest BCUT2D eigenvalue weighted by molar-refractivity contribution is 5.77. The summed E-state index contributed by atoms with van der Waals surface area (Å²) in [6.45, 7) is 1.57.